The van der Waals surface area contributed by atoms with E-state index in [0.29, 0.717) is 31.8 Å². The molecule has 2 N–H and O–H groups in total. The Labute approximate surface area is 150 Å². The number of carbonyl (C=O) groups is 1. The molecule has 7 heteroatoms. The van der Waals surface area contributed by atoms with Crippen LogP contribution in [0.25, 0.3) is 11.0 Å². The Morgan fingerprint density at radius 2 is 2.08 bits per heavy atom. The fourth-order valence-electron chi connectivity index (χ4n) is 3.54. The van der Waals surface area contributed by atoms with E-state index in [1.165, 1.54) is 0 Å². The lowest BCUT2D eigenvalue weighted by atomic mass is 10.0. The number of hydrogen-bond donors (Lipinski definition) is 2. The summed E-state index contributed by atoms with van der Waals surface area (Å²) in [7, 11) is 1.68. The molecule has 1 aromatic heterocycles. The van der Waals surface area contributed by atoms with Gasteiger partial charge in [-0.05, 0) is 29.3 Å². The first kappa shape index (κ1) is 16.6. The average molecular weight is 352 g/mol. The van der Waals surface area contributed by atoms with Crippen LogP contribution in [0.2, 0.25) is 0 Å². The van der Waals surface area contributed by atoms with Crippen molar-refractivity contribution < 1.29 is 14.7 Å². The zero-order valence-corrected chi connectivity index (χ0v) is 14.5. The summed E-state index contributed by atoms with van der Waals surface area (Å²) >= 11 is 0. The van der Waals surface area contributed by atoms with E-state index in [1.807, 2.05) is 30.3 Å². The Balaban J connectivity index is 1.74. The zero-order chi connectivity index (χ0) is 18.1. The first-order chi connectivity index (χ1) is 12.7. The Bertz CT molecular complexity index is 967. The highest BCUT2D eigenvalue weighted by molar-refractivity contribution is 5.95. The normalized spacial score (nSPS) is 13.2. The number of nitrogens with zero attached hydrogens (tertiary/aromatic N) is 3. The van der Waals surface area contributed by atoms with E-state index in [-0.39, 0.29) is 0 Å². The lowest BCUT2D eigenvalue weighted by Gasteiger charge is -2.19. The van der Waals surface area contributed by atoms with Crippen molar-refractivity contribution in [3.63, 3.8) is 0 Å². The molecule has 4 rings (SSSR count). The van der Waals surface area contributed by atoms with Crippen molar-refractivity contribution in [2.45, 2.75) is 19.6 Å². The highest BCUT2D eigenvalue weighted by Crippen LogP contribution is 2.32. The molecule has 0 saturated carbocycles. The largest absolute Gasteiger partial charge is 0.383 e. The van der Waals surface area contributed by atoms with Gasteiger partial charge in [-0.1, -0.05) is 24.3 Å². The van der Waals surface area contributed by atoms with Crippen LogP contribution in [-0.4, -0.2) is 34.4 Å². The van der Waals surface area contributed by atoms with Gasteiger partial charge in [0.25, 0.3) is 5.91 Å². The summed E-state index contributed by atoms with van der Waals surface area (Å²) in [6, 6.07) is 13.6. The number of imidazole rings is 1. The van der Waals surface area contributed by atoms with Crippen LogP contribution in [0, 0.1) is 0 Å². The zero-order valence-electron chi connectivity index (χ0n) is 14.5. The number of anilines is 1. The average Bonchev–Trinajstić information content (AvgIpc) is 3.26. The van der Waals surface area contributed by atoms with Crippen molar-refractivity contribution in [1.29, 1.82) is 0 Å². The highest BCUT2D eigenvalue weighted by Gasteiger charge is 2.27. The van der Waals surface area contributed by atoms with E-state index < -0.39 is 5.91 Å². The molecule has 0 radical (unpaired) electrons. The van der Waals surface area contributed by atoms with Gasteiger partial charge < -0.3 is 14.2 Å². The molecule has 1 aliphatic rings. The summed E-state index contributed by atoms with van der Waals surface area (Å²) in [6.07, 6.45) is 0. The minimum Gasteiger partial charge on any atom is -0.383 e. The first-order valence-corrected chi connectivity index (χ1v) is 8.47. The molecular formula is C19H20N4O3. The van der Waals surface area contributed by atoms with Crippen LogP contribution in [-0.2, 0) is 24.4 Å². The van der Waals surface area contributed by atoms with Gasteiger partial charge in [0.15, 0.2) is 0 Å². The molecule has 7 nitrogen and oxygen atoms in total. The lowest BCUT2D eigenvalue weighted by molar-refractivity contribution is 0.0705. The molecule has 0 atom stereocenters. The number of methoxy groups -OCH3 is 1. The number of rotatable bonds is 5. The minimum atomic E-state index is -0.489. The molecule has 0 fully saturated rings. The third-order valence-electron chi connectivity index (χ3n) is 4.77. The van der Waals surface area contributed by atoms with Crippen molar-refractivity contribution in [3.8, 4) is 0 Å². The summed E-state index contributed by atoms with van der Waals surface area (Å²) in [5.41, 5.74) is 6.20. The van der Waals surface area contributed by atoms with Crippen LogP contribution in [0.15, 0.2) is 42.5 Å². The Hall–Kier alpha value is -2.90. The molecule has 134 valence electrons. The van der Waals surface area contributed by atoms with E-state index in [1.54, 1.807) is 18.7 Å². The molecule has 0 saturated heterocycles. The molecule has 0 spiro atoms. The molecule has 1 aliphatic heterocycles. The van der Waals surface area contributed by atoms with Gasteiger partial charge in [-0.15, -0.1) is 0 Å². The molecule has 0 aliphatic carbocycles. The maximum atomic E-state index is 11.9. The molecule has 2 aromatic carbocycles. The van der Waals surface area contributed by atoms with Crippen LogP contribution in [0.1, 0.15) is 21.5 Å². The second-order valence-electron chi connectivity index (χ2n) is 6.29. The minimum absolute atomic E-state index is 0.489. The van der Waals surface area contributed by atoms with E-state index in [4.69, 9.17) is 14.9 Å². The van der Waals surface area contributed by atoms with Crippen molar-refractivity contribution in [2.75, 3.05) is 18.6 Å². The van der Waals surface area contributed by atoms with Crippen LogP contribution in [0.3, 0.4) is 0 Å². The number of carbonyl (C=O) groups excluding carboxylic acids is 1. The molecule has 1 amide bonds. The monoisotopic (exact) mass is 352 g/mol. The third-order valence-corrected chi connectivity index (χ3v) is 4.77. The maximum Gasteiger partial charge on any atom is 0.274 e. The number of fused-ring (bicyclic) bond motifs is 2. The van der Waals surface area contributed by atoms with Gasteiger partial charge in [-0.2, -0.15) is 0 Å². The summed E-state index contributed by atoms with van der Waals surface area (Å²) < 4.78 is 7.41. The van der Waals surface area contributed by atoms with Crippen LogP contribution < -0.4 is 10.4 Å². The van der Waals surface area contributed by atoms with Crippen LogP contribution in [0.4, 0.5) is 5.95 Å². The maximum absolute atomic E-state index is 11.9. The number of para-hydroxylation sites is 2. The van der Waals surface area contributed by atoms with Gasteiger partial charge in [0.1, 0.15) is 0 Å². The van der Waals surface area contributed by atoms with Gasteiger partial charge >= 0.3 is 0 Å². The third kappa shape index (κ3) is 2.71. The van der Waals surface area contributed by atoms with Crippen LogP contribution in [0.5, 0.6) is 0 Å². The van der Waals surface area contributed by atoms with Crippen molar-refractivity contribution >= 4 is 22.9 Å². The van der Waals surface area contributed by atoms with Gasteiger partial charge in [0, 0.05) is 32.3 Å². The predicted octanol–water partition coefficient (Wildman–Crippen LogP) is 2.32. The van der Waals surface area contributed by atoms with E-state index in [2.05, 4.69) is 15.5 Å². The van der Waals surface area contributed by atoms with Crippen molar-refractivity contribution in [3.05, 3.63) is 59.2 Å². The summed E-state index contributed by atoms with van der Waals surface area (Å²) in [5.74, 6) is 0.367. The quantitative estimate of drug-likeness (QED) is 0.544. The fourth-order valence-corrected chi connectivity index (χ4v) is 3.54. The van der Waals surface area contributed by atoms with Gasteiger partial charge in [-0.3, -0.25) is 10.0 Å². The smallest absolute Gasteiger partial charge is 0.274 e. The topological polar surface area (TPSA) is 79.6 Å². The van der Waals surface area contributed by atoms with Crippen molar-refractivity contribution in [2.24, 2.45) is 0 Å². The van der Waals surface area contributed by atoms with E-state index in [0.717, 1.165) is 28.1 Å². The Kier molecular flexibility index (Phi) is 4.32. The lowest BCUT2D eigenvalue weighted by Crippen LogP contribution is -2.22. The molecule has 26 heavy (non-hydrogen) atoms. The molecular weight excluding hydrogens is 332 g/mol. The number of amides is 1. The summed E-state index contributed by atoms with van der Waals surface area (Å²) in [6.45, 7) is 2.52. The molecule has 0 unspecified atom stereocenters. The summed E-state index contributed by atoms with van der Waals surface area (Å²) in [4.78, 5) is 18.9. The number of aromatic nitrogens is 2. The number of benzene rings is 2. The fraction of sp³-hybridized carbons (Fsp3) is 0.263. The first-order valence-electron chi connectivity index (χ1n) is 8.47. The molecule has 2 heterocycles. The molecule has 3 aromatic rings. The van der Waals surface area contributed by atoms with Gasteiger partial charge in [-0.25, -0.2) is 10.5 Å². The van der Waals surface area contributed by atoms with Gasteiger partial charge in [0.05, 0.1) is 17.6 Å². The molecule has 0 bridgehead atoms. The SMILES string of the molecule is COCCn1c(N2Cc3cccc(C(=O)NO)c3C2)nc2ccccc21. The van der Waals surface area contributed by atoms with Crippen LogP contribution >= 0.6 is 0 Å². The van der Waals surface area contributed by atoms with E-state index in [9.17, 15) is 4.79 Å². The Morgan fingerprint density at radius 3 is 2.88 bits per heavy atom. The predicted molar refractivity (Wildman–Crippen MR) is 97.2 cm³/mol. The summed E-state index contributed by atoms with van der Waals surface area (Å²) in [5, 5.41) is 9.00. The second kappa shape index (κ2) is 6.78. The number of hydrogen-bond acceptors (Lipinski definition) is 5. The van der Waals surface area contributed by atoms with Gasteiger partial charge in [0.2, 0.25) is 5.95 Å². The second-order valence-corrected chi connectivity index (χ2v) is 6.29. The number of ether oxygens (including phenoxy) is 1. The number of nitrogens with one attached hydrogen (secondary N) is 1. The number of hydroxylamine groups is 1. The highest BCUT2D eigenvalue weighted by atomic mass is 16.5. The Morgan fingerprint density at radius 1 is 1.23 bits per heavy atom. The van der Waals surface area contributed by atoms with E-state index >= 15 is 0 Å². The standard InChI is InChI=1S/C19H20N4O3/c1-26-10-9-23-17-8-3-2-7-16(17)20-19(23)22-11-13-5-4-6-14(15(13)12-22)18(24)21-25/h2-8,25H,9-12H2,1H3,(H,21,24). The van der Waals surface area contributed by atoms with Crippen molar-refractivity contribution in [1.82, 2.24) is 15.0 Å².